The van der Waals surface area contributed by atoms with Crippen LogP contribution < -0.4 is 5.73 Å². The van der Waals surface area contributed by atoms with Gasteiger partial charge in [-0.25, -0.2) is 17.6 Å². The summed E-state index contributed by atoms with van der Waals surface area (Å²) in [5, 5.41) is 0. The van der Waals surface area contributed by atoms with Crippen molar-refractivity contribution in [3.8, 4) is 11.3 Å². The largest absolute Gasteiger partial charge is 0.460 e. The first-order valence-corrected chi connectivity index (χ1v) is 4.66. The zero-order valence-corrected chi connectivity index (χ0v) is 8.44. The van der Waals surface area contributed by atoms with Gasteiger partial charge in [-0.1, -0.05) is 0 Å². The van der Waals surface area contributed by atoms with Gasteiger partial charge >= 0.3 is 0 Å². The van der Waals surface area contributed by atoms with Crippen LogP contribution in [-0.2, 0) is 6.54 Å². The molecule has 2 aromatic rings. The second-order valence-corrected chi connectivity index (χ2v) is 3.31. The normalized spacial score (nSPS) is 10.9. The van der Waals surface area contributed by atoms with Gasteiger partial charge in [-0.15, -0.1) is 0 Å². The van der Waals surface area contributed by atoms with Crippen LogP contribution >= 0.6 is 0 Å². The molecule has 0 radical (unpaired) electrons. The van der Waals surface area contributed by atoms with E-state index in [2.05, 4.69) is 0 Å². The molecule has 1 aromatic heterocycles. The van der Waals surface area contributed by atoms with Gasteiger partial charge in [-0.3, -0.25) is 0 Å². The summed E-state index contributed by atoms with van der Waals surface area (Å²) in [6, 6.07) is 2.71. The van der Waals surface area contributed by atoms with Crippen molar-refractivity contribution in [1.29, 1.82) is 0 Å². The third-order valence-corrected chi connectivity index (χ3v) is 2.22. The summed E-state index contributed by atoms with van der Waals surface area (Å²) < 4.78 is 57.6. The lowest BCUT2D eigenvalue weighted by atomic mass is 10.1. The summed E-state index contributed by atoms with van der Waals surface area (Å²) in [4.78, 5) is 0. The van der Waals surface area contributed by atoms with Crippen molar-refractivity contribution in [2.75, 3.05) is 0 Å². The number of halogens is 4. The fourth-order valence-electron chi connectivity index (χ4n) is 1.41. The van der Waals surface area contributed by atoms with Crippen molar-refractivity contribution in [3.05, 3.63) is 47.2 Å². The van der Waals surface area contributed by atoms with Gasteiger partial charge in [-0.05, 0) is 12.1 Å². The van der Waals surface area contributed by atoms with Gasteiger partial charge in [-0.2, -0.15) is 0 Å². The van der Waals surface area contributed by atoms with Gasteiger partial charge in [0, 0.05) is 6.07 Å². The lowest BCUT2D eigenvalue weighted by molar-refractivity contribution is 0.448. The smallest absolute Gasteiger partial charge is 0.172 e. The molecule has 0 fully saturated rings. The summed E-state index contributed by atoms with van der Waals surface area (Å²) in [7, 11) is 0. The monoisotopic (exact) mass is 245 g/mol. The van der Waals surface area contributed by atoms with Crippen LogP contribution in [-0.4, -0.2) is 0 Å². The zero-order chi connectivity index (χ0) is 12.6. The molecule has 0 spiro atoms. The Balaban J connectivity index is 2.65. The number of furan rings is 1. The Labute approximate surface area is 93.6 Å². The van der Waals surface area contributed by atoms with E-state index in [1.807, 2.05) is 0 Å². The molecule has 0 aliphatic heterocycles. The first-order chi connectivity index (χ1) is 8.04. The van der Waals surface area contributed by atoms with Crippen LogP contribution in [0.1, 0.15) is 5.76 Å². The molecule has 2 rings (SSSR count). The van der Waals surface area contributed by atoms with Gasteiger partial charge in [0.1, 0.15) is 11.5 Å². The Kier molecular flexibility index (Phi) is 2.89. The van der Waals surface area contributed by atoms with Crippen LogP contribution in [0.5, 0.6) is 0 Å². The second-order valence-electron chi connectivity index (χ2n) is 3.31. The molecule has 0 amide bonds. The van der Waals surface area contributed by atoms with Gasteiger partial charge in [0.15, 0.2) is 23.3 Å². The number of hydrogen-bond donors (Lipinski definition) is 1. The third kappa shape index (κ3) is 1.91. The second kappa shape index (κ2) is 4.21. The average molecular weight is 245 g/mol. The number of benzene rings is 1. The minimum absolute atomic E-state index is 0.0149. The summed E-state index contributed by atoms with van der Waals surface area (Å²) in [5.41, 5.74) is 4.37. The van der Waals surface area contributed by atoms with E-state index in [1.165, 1.54) is 12.1 Å². The van der Waals surface area contributed by atoms with Crippen molar-refractivity contribution in [2.45, 2.75) is 6.54 Å². The van der Waals surface area contributed by atoms with Crippen LogP contribution in [0.3, 0.4) is 0 Å². The molecule has 0 saturated heterocycles. The highest BCUT2D eigenvalue weighted by Crippen LogP contribution is 2.30. The molecular weight excluding hydrogens is 238 g/mol. The van der Waals surface area contributed by atoms with E-state index in [-0.39, 0.29) is 24.1 Å². The van der Waals surface area contributed by atoms with E-state index >= 15 is 0 Å². The predicted molar refractivity (Wildman–Crippen MR) is 51.9 cm³/mol. The van der Waals surface area contributed by atoms with E-state index in [4.69, 9.17) is 10.2 Å². The van der Waals surface area contributed by atoms with E-state index in [0.717, 1.165) is 0 Å². The molecule has 0 atom stereocenters. The highest BCUT2D eigenvalue weighted by atomic mass is 19.2. The average Bonchev–Trinajstić information content (AvgIpc) is 2.75. The first kappa shape index (κ1) is 11.7. The lowest BCUT2D eigenvalue weighted by Gasteiger charge is -2.03. The maximum atomic E-state index is 13.4. The summed E-state index contributed by atoms with van der Waals surface area (Å²) in [6.07, 6.45) is 0. The quantitative estimate of drug-likeness (QED) is 0.652. The van der Waals surface area contributed by atoms with Crippen LogP contribution in [0.25, 0.3) is 11.3 Å². The lowest BCUT2D eigenvalue weighted by Crippen LogP contribution is -1.98. The Morgan fingerprint density at radius 1 is 1.00 bits per heavy atom. The molecule has 0 unspecified atom stereocenters. The Morgan fingerprint density at radius 3 is 2.06 bits per heavy atom. The Bertz CT molecular complexity index is 539. The van der Waals surface area contributed by atoms with E-state index in [9.17, 15) is 17.6 Å². The molecule has 0 aliphatic rings. The van der Waals surface area contributed by atoms with Gasteiger partial charge in [0.25, 0.3) is 0 Å². The van der Waals surface area contributed by atoms with Gasteiger partial charge in [0.2, 0.25) is 0 Å². The highest BCUT2D eigenvalue weighted by molar-refractivity contribution is 5.59. The molecule has 2 N–H and O–H groups in total. The Hall–Kier alpha value is -1.82. The fraction of sp³-hybridized carbons (Fsp3) is 0.0909. The highest BCUT2D eigenvalue weighted by Gasteiger charge is 2.22. The third-order valence-electron chi connectivity index (χ3n) is 2.22. The number of nitrogens with two attached hydrogens (primary N) is 1. The van der Waals surface area contributed by atoms with Crippen molar-refractivity contribution in [2.24, 2.45) is 5.73 Å². The van der Waals surface area contributed by atoms with Gasteiger partial charge in [0.05, 0.1) is 12.1 Å². The Morgan fingerprint density at radius 2 is 1.59 bits per heavy atom. The maximum Gasteiger partial charge on any atom is 0.172 e. The van der Waals surface area contributed by atoms with Crippen molar-refractivity contribution < 1.29 is 22.0 Å². The molecule has 17 heavy (non-hydrogen) atoms. The van der Waals surface area contributed by atoms with Crippen LogP contribution in [0.2, 0.25) is 0 Å². The molecule has 0 aliphatic carbocycles. The maximum absolute atomic E-state index is 13.4. The molecule has 90 valence electrons. The SMILES string of the molecule is NCc1ccc(-c2c(F)c(F)cc(F)c2F)o1. The molecular formula is C11H7F4NO. The molecule has 0 bridgehead atoms. The molecule has 2 nitrogen and oxygen atoms in total. The van der Waals surface area contributed by atoms with Crippen molar-refractivity contribution in [3.63, 3.8) is 0 Å². The topological polar surface area (TPSA) is 39.2 Å². The number of hydrogen-bond acceptors (Lipinski definition) is 2. The summed E-state index contributed by atoms with van der Waals surface area (Å²) in [6.45, 7) is 0.0149. The molecule has 1 heterocycles. The summed E-state index contributed by atoms with van der Waals surface area (Å²) >= 11 is 0. The van der Waals surface area contributed by atoms with Crippen molar-refractivity contribution in [1.82, 2.24) is 0 Å². The zero-order valence-electron chi connectivity index (χ0n) is 8.44. The molecule has 1 aromatic carbocycles. The predicted octanol–water partition coefficient (Wildman–Crippen LogP) is 2.96. The minimum atomic E-state index is -1.50. The van der Waals surface area contributed by atoms with Gasteiger partial charge < -0.3 is 10.2 Å². The number of rotatable bonds is 2. The van der Waals surface area contributed by atoms with Crippen molar-refractivity contribution >= 4 is 0 Å². The molecule has 6 heteroatoms. The standard InChI is InChI=1S/C11H7F4NO/c12-6-3-7(13)11(15)9(10(6)14)8-2-1-5(4-16)17-8/h1-3H,4,16H2. The first-order valence-electron chi connectivity index (χ1n) is 4.66. The van der Waals surface area contributed by atoms with Crippen LogP contribution in [0.15, 0.2) is 22.6 Å². The van der Waals surface area contributed by atoms with Crippen LogP contribution in [0.4, 0.5) is 17.6 Å². The summed E-state index contributed by atoms with van der Waals surface area (Å²) in [5.74, 6) is -6.01. The minimum Gasteiger partial charge on any atom is -0.460 e. The van der Waals surface area contributed by atoms with E-state index in [0.29, 0.717) is 0 Å². The van der Waals surface area contributed by atoms with Crippen LogP contribution in [0, 0.1) is 23.3 Å². The molecule has 0 saturated carbocycles. The van der Waals surface area contributed by atoms with E-state index in [1.54, 1.807) is 0 Å². The fourth-order valence-corrected chi connectivity index (χ4v) is 1.41. The van der Waals surface area contributed by atoms with E-state index < -0.39 is 28.8 Å².